The molecule has 55 heavy (non-hydrogen) atoms. The van der Waals surface area contributed by atoms with Crippen molar-refractivity contribution in [2.75, 3.05) is 17.7 Å². The van der Waals surface area contributed by atoms with Gasteiger partial charge in [0.05, 0.1) is 12.7 Å². The maximum Gasteiger partial charge on any atom is 0.341 e. The first-order valence-corrected chi connectivity index (χ1v) is 19.6. The van der Waals surface area contributed by atoms with Gasteiger partial charge in [0.1, 0.15) is 21.8 Å². The number of esters is 1. The van der Waals surface area contributed by atoms with E-state index in [0.29, 0.717) is 38.2 Å². The van der Waals surface area contributed by atoms with Gasteiger partial charge in [-0.05, 0) is 95.8 Å². The van der Waals surface area contributed by atoms with E-state index in [4.69, 9.17) is 4.74 Å². The molecule has 0 spiro atoms. The van der Waals surface area contributed by atoms with Gasteiger partial charge < -0.3 is 20.7 Å². The summed E-state index contributed by atoms with van der Waals surface area (Å²) in [6, 6.07) is 30.4. The molecule has 11 heteroatoms. The van der Waals surface area contributed by atoms with Gasteiger partial charge in [-0.15, -0.1) is 23.1 Å². The van der Waals surface area contributed by atoms with Crippen molar-refractivity contribution < 1.29 is 28.3 Å². The van der Waals surface area contributed by atoms with E-state index in [1.807, 2.05) is 36.4 Å². The number of thiophene rings is 1. The first-order chi connectivity index (χ1) is 26.4. The van der Waals surface area contributed by atoms with Crippen molar-refractivity contribution in [3.05, 3.63) is 153 Å². The SMILES string of the molecule is COC(=O)c1c(NC(=O)C(Sc2cccc(NC(=O)/C(=C/c3ccc(F)cc3)NC(=O)c3ccccc3)c2)c2ccccc2)sc2c1CCC(C(C)(C)C)C2. The molecule has 0 saturated heterocycles. The number of methoxy groups -OCH3 is 1. The second-order valence-electron chi connectivity index (χ2n) is 14.3. The van der Waals surface area contributed by atoms with Crippen LogP contribution >= 0.6 is 23.1 Å². The lowest BCUT2D eigenvalue weighted by atomic mass is 9.72. The number of carbonyl (C=O) groups excluding carboxylic acids is 4. The molecule has 0 bridgehead atoms. The predicted octanol–water partition coefficient (Wildman–Crippen LogP) is 9.71. The molecule has 1 heterocycles. The summed E-state index contributed by atoms with van der Waals surface area (Å²) in [7, 11) is 1.35. The van der Waals surface area contributed by atoms with Crippen LogP contribution in [0, 0.1) is 17.2 Å². The molecule has 0 radical (unpaired) electrons. The number of thioether (sulfide) groups is 1. The number of anilines is 2. The summed E-state index contributed by atoms with van der Waals surface area (Å²) in [5.41, 5.74) is 3.48. The van der Waals surface area contributed by atoms with Crippen LogP contribution in [0.5, 0.6) is 0 Å². The lowest BCUT2D eigenvalue weighted by molar-refractivity contribution is -0.116. The van der Waals surface area contributed by atoms with Crippen LogP contribution < -0.4 is 16.0 Å². The Bertz CT molecular complexity index is 2210. The van der Waals surface area contributed by atoms with Gasteiger partial charge in [-0.25, -0.2) is 9.18 Å². The second kappa shape index (κ2) is 17.3. The van der Waals surface area contributed by atoms with Crippen LogP contribution in [0.4, 0.5) is 15.1 Å². The highest BCUT2D eigenvalue weighted by atomic mass is 32.2. The maximum atomic E-state index is 14.3. The number of carbonyl (C=O) groups is 4. The van der Waals surface area contributed by atoms with E-state index in [-0.39, 0.29) is 17.0 Å². The van der Waals surface area contributed by atoms with Gasteiger partial charge in [0.2, 0.25) is 5.91 Å². The van der Waals surface area contributed by atoms with Gasteiger partial charge in [-0.3, -0.25) is 14.4 Å². The fraction of sp³-hybridized carbons (Fsp3) is 0.227. The number of fused-ring (bicyclic) bond motifs is 1. The van der Waals surface area contributed by atoms with E-state index in [1.54, 1.807) is 48.5 Å². The Morgan fingerprint density at radius 1 is 0.891 bits per heavy atom. The molecular formula is C44H42FN3O5S2. The molecule has 1 aromatic heterocycles. The fourth-order valence-electron chi connectivity index (χ4n) is 6.46. The quantitative estimate of drug-likeness (QED) is 0.0700. The molecule has 0 fully saturated rings. The molecule has 0 aliphatic heterocycles. The Hall–Kier alpha value is -5.52. The number of hydrogen-bond donors (Lipinski definition) is 3. The third-order valence-electron chi connectivity index (χ3n) is 9.51. The third kappa shape index (κ3) is 9.78. The van der Waals surface area contributed by atoms with E-state index in [2.05, 4.69) is 36.7 Å². The molecule has 6 rings (SSSR count). The largest absolute Gasteiger partial charge is 0.465 e. The average molecular weight is 776 g/mol. The lowest BCUT2D eigenvalue weighted by Crippen LogP contribution is -2.30. The molecule has 2 atom stereocenters. The summed E-state index contributed by atoms with van der Waals surface area (Å²) in [6.07, 6.45) is 3.98. The fourth-order valence-corrected chi connectivity index (χ4v) is 8.86. The zero-order valence-electron chi connectivity index (χ0n) is 31.0. The molecule has 2 unspecified atom stereocenters. The standard InChI is InChI=1S/C44H42FN3O5S2/c1-44(2,3)30-20-23-34-36(25-30)55-42(37(34)43(52)53-4)48-41(51)38(28-12-7-5-8-13-28)54-33-17-11-16-32(26-33)46-40(50)35(24-27-18-21-31(45)22-19-27)47-39(49)29-14-9-6-10-15-29/h5-19,21-22,24,26,30,38H,20,23,25H2,1-4H3,(H,46,50)(H,47,49)(H,48,51)/b35-24-. The molecule has 282 valence electrons. The summed E-state index contributed by atoms with van der Waals surface area (Å²) in [5, 5.41) is 8.41. The number of nitrogens with one attached hydrogen (secondary N) is 3. The summed E-state index contributed by atoms with van der Waals surface area (Å²) in [6.45, 7) is 6.70. The average Bonchev–Trinajstić information content (AvgIpc) is 3.54. The molecule has 5 aromatic rings. The number of rotatable bonds is 11. The van der Waals surface area contributed by atoms with Crippen molar-refractivity contribution in [1.82, 2.24) is 5.32 Å². The van der Waals surface area contributed by atoms with Crippen LogP contribution in [0.3, 0.4) is 0 Å². The van der Waals surface area contributed by atoms with Gasteiger partial charge in [-0.1, -0.05) is 87.5 Å². The highest BCUT2D eigenvalue weighted by Gasteiger charge is 2.35. The Kier molecular flexibility index (Phi) is 12.3. The number of ether oxygens (including phenoxy) is 1. The van der Waals surface area contributed by atoms with Gasteiger partial charge in [0, 0.05) is 21.0 Å². The maximum absolute atomic E-state index is 14.3. The first-order valence-electron chi connectivity index (χ1n) is 17.9. The van der Waals surface area contributed by atoms with Crippen LogP contribution in [-0.2, 0) is 27.2 Å². The van der Waals surface area contributed by atoms with Crippen LogP contribution in [-0.4, -0.2) is 30.8 Å². The minimum atomic E-state index is -0.724. The first kappa shape index (κ1) is 39.2. The molecule has 3 N–H and O–H groups in total. The summed E-state index contributed by atoms with van der Waals surface area (Å²) in [4.78, 5) is 56.0. The van der Waals surface area contributed by atoms with Crippen molar-refractivity contribution in [1.29, 1.82) is 0 Å². The van der Waals surface area contributed by atoms with Gasteiger partial charge in [0.25, 0.3) is 11.8 Å². The van der Waals surface area contributed by atoms with Crippen LogP contribution in [0.2, 0.25) is 0 Å². The molecule has 4 aromatic carbocycles. The Morgan fingerprint density at radius 3 is 2.25 bits per heavy atom. The molecule has 1 aliphatic rings. The zero-order chi connectivity index (χ0) is 39.1. The summed E-state index contributed by atoms with van der Waals surface area (Å²) >= 11 is 2.74. The topological polar surface area (TPSA) is 114 Å². The monoisotopic (exact) mass is 775 g/mol. The highest BCUT2D eigenvalue weighted by Crippen LogP contribution is 2.45. The minimum absolute atomic E-state index is 0.0473. The van der Waals surface area contributed by atoms with Crippen LogP contribution in [0.1, 0.15) is 74.7 Å². The molecule has 3 amide bonds. The van der Waals surface area contributed by atoms with E-state index in [0.717, 1.165) is 35.3 Å². The summed E-state index contributed by atoms with van der Waals surface area (Å²) in [5.74, 6) is -1.85. The van der Waals surface area contributed by atoms with Crippen LogP contribution in [0.25, 0.3) is 6.08 Å². The minimum Gasteiger partial charge on any atom is -0.465 e. The second-order valence-corrected chi connectivity index (χ2v) is 16.6. The van der Waals surface area contributed by atoms with Crippen molar-refractivity contribution in [3.63, 3.8) is 0 Å². The van der Waals surface area contributed by atoms with Crippen molar-refractivity contribution in [2.24, 2.45) is 11.3 Å². The van der Waals surface area contributed by atoms with Gasteiger partial charge in [-0.2, -0.15) is 0 Å². The lowest BCUT2D eigenvalue weighted by Gasteiger charge is -2.33. The number of amides is 3. The van der Waals surface area contributed by atoms with E-state index >= 15 is 0 Å². The zero-order valence-corrected chi connectivity index (χ0v) is 32.6. The van der Waals surface area contributed by atoms with Crippen molar-refractivity contribution >= 4 is 63.6 Å². The van der Waals surface area contributed by atoms with E-state index in [9.17, 15) is 23.6 Å². The number of benzene rings is 4. The number of halogens is 1. The number of hydrogen-bond acceptors (Lipinski definition) is 7. The van der Waals surface area contributed by atoms with Crippen molar-refractivity contribution in [3.8, 4) is 0 Å². The smallest absolute Gasteiger partial charge is 0.341 e. The molecule has 0 saturated carbocycles. The molecular weight excluding hydrogens is 734 g/mol. The Labute approximate surface area is 328 Å². The Morgan fingerprint density at radius 2 is 1.58 bits per heavy atom. The highest BCUT2D eigenvalue weighted by molar-refractivity contribution is 8.00. The Balaban J connectivity index is 1.25. The van der Waals surface area contributed by atoms with Crippen molar-refractivity contribution in [2.45, 2.75) is 50.2 Å². The van der Waals surface area contributed by atoms with Crippen LogP contribution in [0.15, 0.2) is 120 Å². The third-order valence-corrected chi connectivity index (χ3v) is 11.9. The molecule has 8 nitrogen and oxygen atoms in total. The van der Waals surface area contributed by atoms with Gasteiger partial charge in [0.15, 0.2) is 0 Å². The van der Waals surface area contributed by atoms with E-state index < -0.39 is 28.9 Å². The normalized spacial score (nSPS) is 14.6. The summed E-state index contributed by atoms with van der Waals surface area (Å²) < 4.78 is 18.8. The van der Waals surface area contributed by atoms with E-state index in [1.165, 1.54) is 60.5 Å². The molecule has 1 aliphatic carbocycles. The predicted molar refractivity (Wildman–Crippen MR) is 218 cm³/mol. The van der Waals surface area contributed by atoms with Gasteiger partial charge >= 0.3 is 5.97 Å².